The molecule has 2 atom stereocenters. The van der Waals surface area contributed by atoms with Crippen molar-refractivity contribution in [3.05, 3.63) is 35.4 Å². The molecule has 1 heteroatoms. The summed E-state index contributed by atoms with van der Waals surface area (Å²) in [5, 5.41) is 9.79. The van der Waals surface area contributed by atoms with E-state index >= 15 is 0 Å². The number of hydrogen-bond donors (Lipinski definition) is 1. The molecule has 1 saturated carbocycles. The summed E-state index contributed by atoms with van der Waals surface area (Å²) in [5.41, 5.74) is 2.74. The van der Waals surface area contributed by atoms with E-state index in [1.54, 1.807) is 0 Å². The number of aliphatic hydroxyl groups is 1. The van der Waals surface area contributed by atoms with Gasteiger partial charge in [0.1, 0.15) is 0 Å². The van der Waals surface area contributed by atoms with E-state index in [1.165, 1.54) is 30.4 Å². The molecule has 2 unspecified atom stereocenters. The first-order valence-corrected chi connectivity index (χ1v) is 6.00. The predicted molar refractivity (Wildman–Crippen MR) is 63.0 cm³/mol. The summed E-state index contributed by atoms with van der Waals surface area (Å²) in [6.07, 6.45) is 5.53. The SMILES string of the molecule is Cc1cccc(C2CCCCC(O)C2)c1. The van der Waals surface area contributed by atoms with Gasteiger partial charge in [0.2, 0.25) is 0 Å². The van der Waals surface area contributed by atoms with Crippen molar-refractivity contribution >= 4 is 0 Å². The Hall–Kier alpha value is -0.820. The van der Waals surface area contributed by atoms with Crippen LogP contribution in [0, 0.1) is 6.92 Å². The number of aryl methyl sites for hydroxylation is 1. The van der Waals surface area contributed by atoms with E-state index in [0.717, 1.165) is 12.8 Å². The lowest BCUT2D eigenvalue weighted by atomic mass is 9.90. The monoisotopic (exact) mass is 204 g/mol. The van der Waals surface area contributed by atoms with Gasteiger partial charge in [-0.05, 0) is 37.7 Å². The van der Waals surface area contributed by atoms with Gasteiger partial charge in [0.05, 0.1) is 6.10 Å². The first-order valence-electron chi connectivity index (χ1n) is 6.00. The molecule has 1 aromatic carbocycles. The molecule has 1 nitrogen and oxygen atoms in total. The number of benzene rings is 1. The highest BCUT2D eigenvalue weighted by Crippen LogP contribution is 2.31. The van der Waals surface area contributed by atoms with Crippen molar-refractivity contribution in [2.45, 2.75) is 51.0 Å². The van der Waals surface area contributed by atoms with Crippen molar-refractivity contribution in [3.63, 3.8) is 0 Å². The zero-order valence-corrected chi connectivity index (χ0v) is 9.45. The predicted octanol–water partition coefficient (Wildman–Crippen LogP) is 3.40. The summed E-state index contributed by atoms with van der Waals surface area (Å²) in [6, 6.07) is 8.73. The molecular weight excluding hydrogens is 184 g/mol. The molecule has 2 rings (SSSR count). The molecule has 0 heterocycles. The Labute approximate surface area is 92.1 Å². The van der Waals surface area contributed by atoms with E-state index in [-0.39, 0.29) is 6.10 Å². The van der Waals surface area contributed by atoms with E-state index in [1.807, 2.05) is 0 Å². The summed E-state index contributed by atoms with van der Waals surface area (Å²) in [4.78, 5) is 0. The normalized spacial score (nSPS) is 27.3. The van der Waals surface area contributed by atoms with Crippen LogP contribution in [-0.4, -0.2) is 11.2 Å². The summed E-state index contributed by atoms with van der Waals surface area (Å²) >= 11 is 0. The van der Waals surface area contributed by atoms with Gasteiger partial charge >= 0.3 is 0 Å². The molecule has 0 aromatic heterocycles. The third kappa shape index (κ3) is 2.82. The van der Waals surface area contributed by atoms with Crippen LogP contribution in [0.2, 0.25) is 0 Å². The van der Waals surface area contributed by atoms with Crippen molar-refractivity contribution in [2.75, 3.05) is 0 Å². The minimum absolute atomic E-state index is 0.0852. The Balaban J connectivity index is 2.14. The molecule has 1 N–H and O–H groups in total. The quantitative estimate of drug-likeness (QED) is 0.695. The van der Waals surface area contributed by atoms with Crippen molar-refractivity contribution in [2.24, 2.45) is 0 Å². The van der Waals surface area contributed by atoms with Gasteiger partial charge in [-0.3, -0.25) is 0 Å². The highest BCUT2D eigenvalue weighted by Gasteiger charge is 2.19. The lowest BCUT2D eigenvalue weighted by Crippen LogP contribution is -2.09. The summed E-state index contributed by atoms with van der Waals surface area (Å²) in [6.45, 7) is 2.14. The zero-order valence-electron chi connectivity index (χ0n) is 9.45. The third-order valence-corrected chi connectivity index (χ3v) is 3.41. The molecular formula is C14H20O. The third-order valence-electron chi connectivity index (χ3n) is 3.41. The highest BCUT2D eigenvalue weighted by atomic mass is 16.3. The van der Waals surface area contributed by atoms with Crippen molar-refractivity contribution < 1.29 is 5.11 Å². The Morgan fingerprint density at radius 3 is 2.80 bits per heavy atom. The average molecular weight is 204 g/mol. The Morgan fingerprint density at radius 2 is 2.00 bits per heavy atom. The van der Waals surface area contributed by atoms with Crippen LogP contribution in [0.15, 0.2) is 24.3 Å². The largest absolute Gasteiger partial charge is 0.393 e. The van der Waals surface area contributed by atoms with E-state index in [0.29, 0.717) is 5.92 Å². The number of hydrogen-bond acceptors (Lipinski definition) is 1. The van der Waals surface area contributed by atoms with Gasteiger partial charge in [-0.1, -0.05) is 42.7 Å². The van der Waals surface area contributed by atoms with Gasteiger partial charge < -0.3 is 5.11 Å². The fraction of sp³-hybridized carbons (Fsp3) is 0.571. The molecule has 15 heavy (non-hydrogen) atoms. The first-order chi connectivity index (χ1) is 7.25. The minimum atomic E-state index is -0.0852. The van der Waals surface area contributed by atoms with Gasteiger partial charge in [-0.25, -0.2) is 0 Å². The molecule has 0 amide bonds. The molecule has 0 spiro atoms. The van der Waals surface area contributed by atoms with Crippen molar-refractivity contribution in [1.82, 2.24) is 0 Å². The van der Waals surface area contributed by atoms with Crippen LogP contribution >= 0.6 is 0 Å². The maximum Gasteiger partial charge on any atom is 0.0546 e. The fourth-order valence-electron chi connectivity index (χ4n) is 2.56. The second kappa shape index (κ2) is 4.80. The van der Waals surface area contributed by atoms with Crippen LogP contribution < -0.4 is 0 Å². The van der Waals surface area contributed by atoms with Crippen LogP contribution in [0.1, 0.15) is 49.1 Å². The summed E-state index contributed by atoms with van der Waals surface area (Å²) < 4.78 is 0. The van der Waals surface area contributed by atoms with E-state index in [4.69, 9.17) is 0 Å². The van der Waals surface area contributed by atoms with Gasteiger partial charge in [0.25, 0.3) is 0 Å². The molecule has 0 saturated heterocycles. The lowest BCUT2D eigenvalue weighted by Gasteiger charge is -2.17. The topological polar surface area (TPSA) is 20.2 Å². The maximum absolute atomic E-state index is 9.79. The van der Waals surface area contributed by atoms with Crippen LogP contribution in [-0.2, 0) is 0 Å². The summed E-state index contributed by atoms with van der Waals surface area (Å²) in [7, 11) is 0. The average Bonchev–Trinajstić information content (AvgIpc) is 2.43. The van der Waals surface area contributed by atoms with Gasteiger partial charge in [0, 0.05) is 0 Å². The van der Waals surface area contributed by atoms with Gasteiger partial charge in [-0.2, -0.15) is 0 Å². The van der Waals surface area contributed by atoms with Gasteiger partial charge in [0.15, 0.2) is 0 Å². The van der Waals surface area contributed by atoms with E-state index < -0.39 is 0 Å². The Bertz CT molecular complexity index is 319. The second-order valence-electron chi connectivity index (χ2n) is 4.79. The van der Waals surface area contributed by atoms with E-state index in [9.17, 15) is 5.11 Å². The first kappa shape index (κ1) is 10.7. The van der Waals surface area contributed by atoms with Crippen LogP contribution in [0.25, 0.3) is 0 Å². The Kier molecular flexibility index (Phi) is 3.42. The number of rotatable bonds is 1. The molecule has 0 bridgehead atoms. The van der Waals surface area contributed by atoms with Crippen LogP contribution in [0.4, 0.5) is 0 Å². The molecule has 1 aliphatic carbocycles. The maximum atomic E-state index is 9.79. The lowest BCUT2D eigenvalue weighted by molar-refractivity contribution is 0.152. The van der Waals surface area contributed by atoms with E-state index in [2.05, 4.69) is 31.2 Å². The van der Waals surface area contributed by atoms with Gasteiger partial charge in [-0.15, -0.1) is 0 Å². The standard InChI is InChI=1S/C14H20O/c1-11-5-4-7-12(9-11)13-6-2-3-8-14(15)10-13/h4-5,7,9,13-15H,2-3,6,8,10H2,1H3. The molecule has 0 aliphatic heterocycles. The van der Waals surface area contributed by atoms with Crippen LogP contribution in [0.5, 0.6) is 0 Å². The second-order valence-corrected chi connectivity index (χ2v) is 4.79. The smallest absolute Gasteiger partial charge is 0.0546 e. The summed E-state index contributed by atoms with van der Waals surface area (Å²) in [5.74, 6) is 0.572. The minimum Gasteiger partial charge on any atom is -0.393 e. The van der Waals surface area contributed by atoms with Crippen LogP contribution in [0.3, 0.4) is 0 Å². The zero-order chi connectivity index (χ0) is 10.7. The molecule has 0 radical (unpaired) electrons. The fourth-order valence-corrected chi connectivity index (χ4v) is 2.56. The molecule has 1 fully saturated rings. The Morgan fingerprint density at radius 1 is 1.20 bits per heavy atom. The molecule has 1 aromatic rings. The highest BCUT2D eigenvalue weighted by molar-refractivity contribution is 5.25. The van der Waals surface area contributed by atoms with Crippen molar-refractivity contribution in [3.8, 4) is 0 Å². The molecule has 1 aliphatic rings. The van der Waals surface area contributed by atoms with Crippen molar-refractivity contribution in [1.29, 1.82) is 0 Å². The molecule has 82 valence electrons. The number of aliphatic hydroxyl groups excluding tert-OH is 1.